The van der Waals surface area contributed by atoms with Gasteiger partial charge in [0.05, 0.1) is 44.1 Å². The zero-order valence-electron chi connectivity index (χ0n) is 21.0. The van der Waals surface area contributed by atoms with Crippen molar-refractivity contribution in [3.63, 3.8) is 0 Å². The molecule has 1 amide bonds. The minimum Gasteiger partial charge on any atom is -0.507 e. The molecular weight excluding hydrogens is 474 g/mol. The molecule has 0 spiro atoms. The highest BCUT2D eigenvalue weighted by Crippen LogP contribution is 2.44. The van der Waals surface area contributed by atoms with Crippen molar-refractivity contribution in [2.75, 3.05) is 26.2 Å². The van der Waals surface area contributed by atoms with E-state index in [2.05, 4.69) is 0 Å². The first-order valence-corrected chi connectivity index (χ1v) is 11.6. The minimum atomic E-state index is -0.953. The second-order valence-corrected chi connectivity index (χ2v) is 8.37. The van der Waals surface area contributed by atoms with E-state index < -0.39 is 23.7 Å². The van der Waals surface area contributed by atoms with Crippen LogP contribution in [-0.2, 0) is 20.7 Å². The van der Waals surface area contributed by atoms with Crippen LogP contribution in [0.25, 0.3) is 5.76 Å². The summed E-state index contributed by atoms with van der Waals surface area (Å²) in [6.45, 7) is 2.02. The zero-order chi connectivity index (χ0) is 26.7. The average Bonchev–Trinajstić information content (AvgIpc) is 3.21. The standard InChI is InChI=1S/C29H27NO7/c1-5-17-9-11-18(12-10-17)25-24(26(31)22-14-13-21(35-2)16-23(22)36-3)27(32)28(33)30(25)20-8-6-7-19(15-20)29(34)37-4/h6-16,25,31H,5H2,1-4H3/b26-24-. The van der Waals surface area contributed by atoms with Gasteiger partial charge in [-0.15, -0.1) is 0 Å². The van der Waals surface area contributed by atoms with Gasteiger partial charge >= 0.3 is 5.97 Å². The molecule has 8 heteroatoms. The number of Topliss-reactive ketones (excluding diaryl/α,β-unsaturated/α-hetero) is 1. The Labute approximate surface area is 214 Å². The van der Waals surface area contributed by atoms with E-state index in [1.54, 1.807) is 36.4 Å². The number of rotatable bonds is 7. The predicted octanol–water partition coefficient (Wildman–Crippen LogP) is 4.68. The highest BCUT2D eigenvalue weighted by molar-refractivity contribution is 6.51. The van der Waals surface area contributed by atoms with Gasteiger partial charge in [-0.05, 0) is 47.9 Å². The van der Waals surface area contributed by atoms with Gasteiger partial charge in [0.1, 0.15) is 17.3 Å². The lowest BCUT2D eigenvalue weighted by Gasteiger charge is -2.26. The van der Waals surface area contributed by atoms with Crippen LogP contribution in [0.4, 0.5) is 5.69 Å². The number of aliphatic hydroxyl groups excluding tert-OH is 1. The normalized spacial score (nSPS) is 16.5. The number of carbonyl (C=O) groups excluding carboxylic acids is 3. The topological polar surface area (TPSA) is 102 Å². The average molecular weight is 502 g/mol. The highest BCUT2D eigenvalue weighted by Gasteiger charge is 2.47. The number of anilines is 1. The lowest BCUT2D eigenvalue weighted by Crippen LogP contribution is -2.29. The number of nitrogens with zero attached hydrogens (tertiary/aromatic N) is 1. The van der Waals surface area contributed by atoms with Crippen molar-refractivity contribution in [3.05, 3.63) is 94.6 Å². The maximum atomic E-state index is 13.4. The molecular formula is C29H27NO7. The molecule has 37 heavy (non-hydrogen) atoms. The molecule has 4 rings (SSSR count). The SMILES string of the molecule is CCc1ccc(C2/C(=C(/O)c3ccc(OC)cc3OC)C(=O)C(=O)N2c2cccc(C(=O)OC)c2)cc1. The molecule has 1 aliphatic rings. The summed E-state index contributed by atoms with van der Waals surface area (Å²) >= 11 is 0. The Kier molecular flexibility index (Phi) is 7.29. The van der Waals surface area contributed by atoms with E-state index in [0.29, 0.717) is 17.0 Å². The summed E-state index contributed by atoms with van der Waals surface area (Å²) in [5.41, 5.74) is 2.37. The molecule has 3 aromatic carbocycles. The van der Waals surface area contributed by atoms with Crippen LogP contribution in [0.5, 0.6) is 11.5 Å². The number of ether oxygens (including phenoxy) is 3. The van der Waals surface area contributed by atoms with E-state index in [9.17, 15) is 19.5 Å². The first kappa shape index (κ1) is 25.5. The second-order valence-electron chi connectivity index (χ2n) is 8.37. The third kappa shape index (κ3) is 4.65. The van der Waals surface area contributed by atoms with Crippen molar-refractivity contribution in [1.29, 1.82) is 0 Å². The molecule has 1 aliphatic heterocycles. The maximum absolute atomic E-state index is 13.4. The maximum Gasteiger partial charge on any atom is 0.337 e. The first-order chi connectivity index (χ1) is 17.8. The number of carbonyl (C=O) groups is 3. The van der Waals surface area contributed by atoms with Crippen molar-refractivity contribution in [2.24, 2.45) is 0 Å². The molecule has 1 unspecified atom stereocenters. The summed E-state index contributed by atoms with van der Waals surface area (Å²) in [4.78, 5) is 40.3. The fourth-order valence-corrected chi connectivity index (χ4v) is 4.39. The van der Waals surface area contributed by atoms with Gasteiger partial charge in [-0.1, -0.05) is 37.3 Å². The van der Waals surface area contributed by atoms with Crippen molar-refractivity contribution in [1.82, 2.24) is 0 Å². The van der Waals surface area contributed by atoms with Gasteiger partial charge in [0, 0.05) is 11.8 Å². The molecule has 0 aromatic heterocycles. The fourth-order valence-electron chi connectivity index (χ4n) is 4.39. The van der Waals surface area contributed by atoms with Crippen LogP contribution in [0.1, 0.15) is 40.0 Å². The van der Waals surface area contributed by atoms with Crippen molar-refractivity contribution in [3.8, 4) is 11.5 Å². The Morgan fingerprint density at radius 1 is 0.946 bits per heavy atom. The second kappa shape index (κ2) is 10.6. The van der Waals surface area contributed by atoms with Crippen molar-refractivity contribution < 1.29 is 33.7 Å². The molecule has 1 saturated heterocycles. The van der Waals surface area contributed by atoms with E-state index in [1.165, 1.54) is 32.3 Å². The van der Waals surface area contributed by atoms with Crippen LogP contribution in [0.3, 0.4) is 0 Å². The Morgan fingerprint density at radius 3 is 2.30 bits per heavy atom. The van der Waals surface area contributed by atoms with Gasteiger partial charge in [-0.3, -0.25) is 14.5 Å². The van der Waals surface area contributed by atoms with E-state index >= 15 is 0 Å². The molecule has 1 N–H and O–H groups in total. The Bertz CT molecular complexity index is 1390. The molecule has 0 radical (unpaired) electrons. The van der Waals surface area contributed by atoms with E-state index in [-0.39, 0.29) is 28.2 Å². The summed E-state index contributed by atoms with van der Waals surface area (Å²) in [5.74, 6) is -1.88. The van der Waals surface area contributed by atoms with Crippen LogP contribution in [-0.4, -0.2) is 44.1 Å². The number of aryl methyl sites for hydroxylation is 1. The summed E-state index contributed by atoms with van der Waals surface area (Å²) in [5, 5.41) is 11.4. The number of methoxy groups -OCH3 is 3. The predicted molar refractivity (Wildman–Crippen MR) is 138 cm³/mol. The van der Waals surface area contributed by atoms with Crippen LogP contribution in [0.2, 0.25) is 0 Å². The first-order valence-electron chi connectivity index (χ1n) is 11.6. The molecule has 0 aliphatic carbocycles. The fraction of sp³-hybridized carbons (Fsp3) is 0.207. The molecule has 8 nitrogen and oxygen atoms in total. The largest absolute Gasteiger partial charge is 0.507 e. The van der Waals surface area contributed by atoms with Crippen LogP contribution in [0.15, 0.2) is 72.3 Å². The number of hydrogen-bond donors (Lipinski definition) is 1. The van der Waals surface area contributed by atoms with E-state index in [0.717, 1.165) is 12.0 Å². The number of aliphatic hydroxyl groups is 1. The van der Waals surface area contributed by atoms with Gasteiger partial charge in [-0.25, -0.2) is 4.79 Å². The van der Waals surface area contributed by atoms with Gasteiger partial charge in [-0.2, -0.15) is 0 Å². The molecule has 3 aromatic rings. The smallest absolute Gasteiger partial charge is 0.337 e. The number of ketones is 1. The summed E-state index contributed by atoms with van der Waals surface area (Å²) in [6.07, 6.45) is 0.810. The van der Waals surface area contributed by atoms with Crippen LogP contribution < -0.4 is 14.4 Å². The minimum absolute atomic E-state index is 0.0961. The molecule has 1 atom stereocenters. The molecule has 0 saturated carbocycles. The number of benzene rings is 3. The lowest BCUT2D eigenvalue weighted by molar-refractivity contribution is -0.132. The summed E-state index contributed by atoms with van der Waals surface area (Å²) in [7, 11) is 4.20. The van der Waals surface area contributed by atoms with E-state index in [1.807, 2.05) is 31.2 Å². The van der Waals surface area contributed by atoms with E-state index in [4.69, 9.17) is 14.2 Å². The van der Waals surface area contributed by atoms with Crippen LogP contribution >= 0.6 is 0 Å². The molecule has 0 bridgehead atoms. The Balaban J connectivity index is 1.95. The summed E-state index contributed by atoms with van der Waals surface area (Å²) < 4.78 is 15.5. The third-order valence-corrected chi connectivity index (χ3v) is 6.36. The number of hydrogen-bond acceptors (Lipinski definition) is 7. The van der Waals surface area contributed by atoms with Crippen molar-refractivity contribution >= 4 is 29.1 Å². The van der Waals surface area contributed by atoms with Crippen molar-refractivity contribution in [2.45, 2.75) is 19.4 Å². The van der Waals surface area contributed by atoms with Gasteiger partial charge in [0.2, 0.25) is 0 Å². The number of esters is 1. The highest BCUT2D eigenvalue weighted by atomic mass is 16.5. The quantitative estimate of drug-likeness (QED) is 0.217. The van der Waals surface area contributed by atoms with Gasteiger partial charge < -0.3 is 19.3 Å². The lowest BCUT2D eigenvalue weighted by atomic mass is 9.94. The molecule has 1 fully saturated rings. The Morgan fingerprint density at radius 2 is 1.68 bits per heavy atom. The van der Waals surface area contributed by atoms with Gasteiger partial charge in [0.25, 0.3) is 11.7 Å². The summed E-state index contributed by atoms with van der Waals surface area (Å²) in [6, 6.07) is 17.6. The monoisotopic (exact) mass is 501 g/mol. The molecule has 190 valence electrons. The molecule has 1 heterocycles. The third-order valence-electron chi connectivity index (χ3n) is 6.36. The number of amides is 1. The van der Waals surface area contributed by atoms with Crippen LogP contribution in [0, 0.1) is 0 Å². The van der Waals surface area contributed by atoms with Gasteiger partial charge in [0.15, 0.2) is 0 Å². The zero-order valence-corrected chi connectivity index (χ0v) is 21.0. The Hall–Kier alpha value is -4.59.